The highest BCUT2D eigenvalue weighted by atomic mass is 16.5. The van der Waals surface area contributed by atoms with Crippen LogP contribution in [0.3, 0.4) is 0 Å². The number of nitrogens with zero attached hydrogens (tertiary/aromatic N) is 1. The molecule has 0 saturated heterocycles. The summed E-state index contributed by atoms with van der Waals surface area (Å²) in [7, 11) is -0.204. The predicted octanol–water partition coefficient (Wildman–Crippen LogP) is 2.50. The fourth-order valence-corrected chi connectivity index (χ4v) is 3.08. The average Bonchev–Trinajstić information content (AvgIpc) is 3.16. The maximum absolute atomic E-state index is 9.92. The third kappa shape index (κ3) is 3.58. The minimum Gasteiger partial charge on any atom is -0.493 e. The van der Waals surface area contributed by atoms with E-state index in [-0.39, 0.29) is 12.1 Å². The van der Waals surface area contributed by atoms with Crippen molar-refractivity contribution in [3.05, 3.63) is 72.3 Å². The molecule has 0 aliphatic rings. The summed E-state index contributed by atoms with van der Waals surface area (Å²) in [4.78, 5) is 7.80. The lowest BCUT2D eigenvalue weighted by Crippen LogP contribution is -2.32. The van der Waals surface area contributed by atoms with Crippen LogP contribution in [0.4, 0.5) is 0 Å². The van der Waals surface area contributed by atoms with E-state index in [9.17, 15) is 10.0 Å². The number of aromatic nitrogens is 2. The standard InChI is InChI=1S/C21H19BN2O4/c1-27-19-12-15(21-23-17-9-5-6-10-18(17)24-21)11-16(22(25)26)20(19)28-13-14-7-3-2-4-8-14/h2-12,25-26H,13H2,1H3,(H,23,24). The van der Waals surface area contributed by atoms with Gasteiger partial charge in [-0.25, -0.2) is 4.98 Å². The van der Waals surface area contributed by atoms with Crippen LogP contribution in [-0.2, 0) is 6.61 Å². The number of H-pyrrole nitrogens is 1. The van der Waals surface area contributed by atoms with Crippen molar-refractivity contribution >= 4 is 23.6 Å². The maximum Gasteiger partial charge on any atom is 0.492 e. The van der Waals surface area contributed by atoms with Gasteiger partial charge in [0.05, 0.1) is 18.1 Å². The Labute approximate surface area is 162 Å². The number of imidazole rings is 1. The second kappa shape index (κ2) is 7.76. The summed E-state index contributed by atoms with van der Waals surface area (Å²) in [5, 5.41) is 19.8. The van der Waals surface area contributed by atoms with Crippen molar-refractivity contribution in [2.24, 2.45) is 0 Å². The van der Waals surface area contributed by atoms with E-state index in [4.69, 9.17) is 9.47 Å². The number of methoxy groups -OCH3 is 1. The molecular weight excluding hydrogens is 355 g/mol. The molecule has 0 atom stereocenters. The van der Waals surface area contributed by atoms with Crippen molar-refractivity contribution in [3.8, 4) is 22.9 Å². The summed E-state index contributed by atoms with van der Waals surface area (Å²) in [5.74, 6) is 1.30. The van der Waals surface area contributed by atoms with E-state index in [0.717, 1.165) is 16.6 Å². The van der Waals surface area contributed by atoms with E-state index in [2.05, 4.69) is 9.97 Å². The molecule has 0 saturated carbocycles. The van der Waals surface area contributed by atoms with E-state index in [0.29, 0.717) is 22.9 Å². The zero-order valence-corrected chi connectivity index (χ0v) is 15.3. The van der Waals surface area contributed by atoms with Crippen LogP contribution in [0.25, 0.3) is 22.4 Å². The topological polar surface area (TPSA) is 87.6 Å². The molecule has 7 heteroatoms. The van der Waals surface area contributed by atoms with Gasteiger partial charge in [-0.2, -0.15) is 0 Å². The van der Waals surface area contributed by atoms with Crippen molar-refractivity contribution in [1.82, 2.24) is 9.97 Å². The Bertz CT molecular complexity index is 1060. The van der Waals surface area contributed by atoms with Gasteiger partial charge < -0.3 is 24.5 Å². The summed E-state index contributed by atoms with van der Waals surface area (Å²) in [6.07, 6.45) is 0. The largest absolute Gasteiger partial charge is 0.493 e. The lowest BCUT2D eigenvalue weighted by molar-refractivity contribution is 0.285. The number of rotatable bonds is 6. The molecular formula is C21H19BN2O4. The van der Waals surface area contributed by atoms with Crippen LogP contribution in [-0.4, -0.2) is 34.2 Å². The van der Waals surface area contributed by atoms with Crippen LogP contribution in [0.5, 0.6) is 11.5 Å². The molecule has 0 amide bonds. The molecule has 0 aliphatic heterocycles. The van der Waals surface area contributed by atoms with Gasteiger partial charge in [0.15, 0.2) is 11.5 Å². The summed E-state index contributed by atoms with van der Waals surface area (Å²) < 4.78 is 11.4. The van der Waals surface area contributed by atoms with Gasteiger partial charge in [0.1, 0.15) is 12.4 Å². The minimum atomic E-state index is -1.72. The molecule has 3 aromatic carbocycles. The summed E-state index contributed by atoms with van der Waals surface area (Å²) in [6.45, 7) is 0.279. The van der Waals surface area contributed by atoms with Crippen LogP contribution in [0.2, 0.25) is 0 Å². The first-order chi connectivity index (χ1) is 13.7. The highest BCUT2D eigenvalue weighted by Crippen LogP contribution is 2.31. The first-order valence-electron chi connectivity index (χ1n) is 8.85. The van der Waals surface area contributed by atoms with Crippen LogP contribution in [0, 0.1) is 0 Å². The summed E-state index contributed by atoms with van der Waals surface area (Å²) >= 11 is 0. The highest BCUT2D eigenvalue weighted by molar-refractivity contribution is 6.60. The number of nitrogens with one attached hydrogen (secondary N) is 1. The Morgan fingerprint density at radius 2 is 1.75 bits per heavy atom. The van der Waals surface area contributed by atoms with Crippen molar-refractivity contribution < 1.29 is 19.5 Å². The number of benzene rings is 3. The second-order valence-corrected chi connectivity index (χ2v) is 6.35. The molecule has 0 aliphatic carbocycles. The number of para-hydroxylation sites is 2. The lowest BCUT2D eigenvalue weighted by Gasteiger charge is -2.16. The van der Waals surface area contributed by atoms with Crippen LogP contribution in [0.1, 0.15) is 5.56 Å². The molecule has 0 fully saturated rings. The Morgan fingerprint density at radius 1 is 1.00 bits per heavy atom. The Kier molecular flexibility index (Phi) is 5.01. The van der Waals surface area contributed by atoms with E-state index in [1.54, 1.807) is 12.1 Å². The molecule has 140 valence electrons. The van der Waals surface area contributed by atoms with E-state index < -0.39 is 7.12 Å². The average molecular weight is 374 g/mol. The zero-order chi connectivity index (χ0) is 19.5. The van der Waals surface area contributed by atoms with E-state index in [1.807, 2.05) is 54.6 Å². The fraction of sp³-hybridized carbons (Fsp3) is 0.0952. The SMILES string of the molecule is COc1cc(-c2nc3ccccc3[nH]2)cc(B(O)O)c1OCc1ccccc1. The van der Waals surface area contributed by atoms with Crippen LogP contribution >= 0.6 is 0 Å². The van der Waals surface area contributed by atoms with Gasteiger partial charge in [0.2, 0.25) is 0 Å². The molecule has 1 heterocycles. The molecule has 0 unspecified atom stereocenters. The monoisotopic (exact) mass is 374 g/mol. The van der Waals surface area contributed by atoms with Crippen molar-refractivity contribution in [2.45, 2.75) is 6.61 Å². The molecule has 28 heavy (non-hydrogen) atoms. The quantitative estimate of drug-likeness (QED) is 0.452. The lowest BCUT2D eigenvalue weighted by atomic mass is 9.78. The molecule has 4 aromatic rings. The summed E-state index contributed by atoms with van der Waals surface area (Å²) in [6, 6.07) is 20.7. The number of fused-ring (bicyclic) bond motifs is 1. The molecule has 4 rings (SSSR count). The van der Waals surface area contributed by atoms with Crippen molar-refractivity contribution in [2.75, 3.05) is 7.11 Å². The Balaban J connectivity index is 1.74. The highest BCUT2D eigenvalue weighted by Gasteiger charge is 2.24. The van der Waals surface area contributed by atoms with Gasteiger partial charge in [-0.3, -0.25) is 0 Å². The van der Waals surface area contributed by atoms with Gasteiger partial charge in [0.25, 0.3) is 0 Å². The first kappa shape index (κ1) is 18.1. The fourth-order valence-electron chi connectivity index (χ4n) is 3.08. The number of hydrogen-bond acceptors (Lipinski definition) is 5. The molecule has 3 N–H and O–H groups in total. The third-order valence-corrected chi connectivity index (χ3v) is 4.47. The first-order valence-corrected chi connectivity index (χ1v) is 8.85. The number of hydrogen-bond donors (Lipinski definition) is 3. The molecule has 0 radical (unpaired) electrons. The Hall–Kier alpha value is -3.29. The number of aromatic amines is 1. The molecule has 0 spiro atoms. The molecule has 0 bridgehead atoms. The predicted molar refractivity (Wildman–Crippen MR) is 109 cm³/mol. The molecule has 1 aromatic heterocycles. The molecule has 6 nitrogen and oxygen atoms in total. The van der Waals surface area contributed by atoms with Crippen molar-refractivity contribution in [1.29, 1.82) is 0 Å². The second-order valence-electron chi connectivity index (χ2n) is 6.35. The normalized spacial score (nSPS) is 10.8. The van der Waals surface area contributed by atoms with Gasteiger partial charge in [-0.15, -0.1) is 0 Å². The zero-order valence-electron chi connectivity index (χ0n) is 15.3. The minimum absolute atomic E-state index is 0.214. The van der Waals surface area contributed by atoms with Crippen molar-refractivity contribution in [3.63, 3.8) is 0 Å². The third-order valence-electron chi connectivity index (χ3n) is 4.47. The number of ether oxygens (including phenoxy) is 2. The van der Waals surface area contributed by atoms with Gasteiger partial charge >= 0.3 is 7.12 Å². The van der Waals surface area contributed by atoms with E-state index >= 15 is 0 Å². The maximum atomic E-state index is 9.92. The van der Waals surface area contributed by atoms with Gasteiger partial charge in [-0.05, 0) is 29.8 Å². The summed E-state index contributed by atoms with van der Waals surface area (Å²) in [5.41, 5.74) is 3.57. The van der Waals surface area contributed by atoms with E-state index in [1.165, 1.54) is 7.11 Å². The van der Waals surface area contributed by atoms with Gasteiger partial charge in [-0.1, -0.05) is 42.5 Å². The van der Waals surface area contributed by atoms with Crippen LogP contribution < -0.4 is 14.9 Å². The smallest absolute Gasteiger partial charge is 0.492 e. The Morgan fingerprint density at radius 3 is 2.46 bits per heavy atom. The van der Waals surface area contributed by atoms with Gasteiger partial charge in [0, 0.05) is 11.0 Å². The van der Waals surface area contributed by atoms with Crippen LogP contribution in [0.15, 0.2) is 66.7 Å².